The second kappa shape index (κ2) is 6.76. The summed E-state index contributed by atoms with van der Waals surface area (Å²) >= 11 is 0. The molecule has 0 aliphatic carbocycles. The molecule has 0 saturated carbocycles. The third-order valence-electron chi connectivity index (χ3n) is 2.04. The van der Waals surface area contributed by atoms with Gasteiger partial charge in [-0.05, 0) is 31.2 Å². The first-order chi connectivity index (χ1) is 9.08. The molecule has 0 aliphatic rings. The molecule has 0 saturated heterocycles. The molecule has 0 atom stereocenters. The number of anilines is 1. The van der Waals surface area contributed by atoms with Crippen LogP contribution in [0, 0.1) is 11.3 Å². The molecule has 0 bridgehead atoms. The molecule has 0 fully saturated rings. The Hall–Kier alpha value is -2.88. The van der Waals surface area contributed by atoms with Gasteiger partial charge in [0.05, 0.1) is 12.3 Å². The number of hydrogen-bond acceptors (Lipinski definition) is 6. The van der Waals surface area contributed by atoms with Crippen LogP contribution in [-0.2, 0) is 9.53 Å². The summed E-state index contributed by atoms with van der Waals surface area (Å²) in [6.45, 7) is 1.79. The lowest BCUT2D eigenvalue weighted by atomic mass is 10.2. The first kappa shape index (κ1) is 14.2. The van der Waals surface area contributed by atoms with Gasteiger partial charge < -0.3 is 10.5 Å². The van der Waals surface area contributed by atoms with Crippen LogP contribution >= 0.6 is 0 Å². The molecule has 3 N–H and O–H groups in total. The number of hydrogen-bond donors (Lipinski definition) is 2. The molecule has 0 aromatic heterocycles. The molecule has 98 valence electrons. The van der Waals surface area contributed by atoms with Crippen molar-refractivity contribution in [1.82, 2.24) is 0 Å². The first-order valence-electron chi connectivity index (χ1n) is 5.39. The number of nitrogens with zero attached hydrogens (tertiary/aromatic N) is 2. The number of nitrogens with two attached hydrogens (primary N) is 1. The average molecular weight is 260 g/mol. The molecule has 0 heterocycles. The lowest BCUT2D eigenvalue weighted by Gasteiger charge is -2.02. The van der Waals surface area contributed by atoms with E-state index in [0.717, 1.165) is 0 Å². The van der Waals surface area contributed by atoms with Gasteiger partial charge in [-0.15, -0.1) is 0 Å². The molecule has 0 radical (unpaired) electrons. The molecule has 0 aliphatic heterocycles. The minimum atomic E-state index is -0.800. The number of rotatable bonds is 5. The van der Waals surface area contributed by atoms with Gasteiger partial charge in [-0.3, -0.25) is 10.2 Å². The average Bonchev–Trinajstić information content (AvgIpc) is 2.40. The number of ether oxygens (including phenoxy) is 1. The fourth-order valence-corrected chi connectivity index (χ4v) is 1.15. The maximum absolute atomic E-state index is 11.3. The highest BCUT2D eigenvalue weighted by Crippen LogP contribution is 2.09. The summed E-state index contributed by atoms with van der Waals surface area (Å²) in [4.78, 5) is 22.1. The Bertz CT molecular complexity index is 543. The van der Waals surface area contributed by atoms with Crippen molar-refractivity contribution in [3.8, 4) is 6.07 Å². The second-order valence-electron chi connectivity index (χ2n) is 3.35. The van der Waals surface area contributed by atoms with Crippen molar-refractivity contribution < 1.29 is 14.3 Å². The molecule has 1 amide bonds. The van der Waals surface area contributed by atoms with Crippen molar-refractivity contribution in [3.63, 3.8) is 0 Å². The van der Waals surface area contributed by atoms with E-state index in [1.807, 2.05) is 0 Å². The zero-order valence-corrected chi connectivity index (χ0v) is 10.2. The summed E-state index contributed by atoms with van der Waals surface area (Å²) in [5.74, 6) is -1.34. The molecule has 1 aromatic carbocycles. The van der Waals surface area contributed by atoms with Gasteiger partial charge in [0.15, 0.2) is 0 Å². The number of primary amides is 1. The van der Waals surface area contributed by atoms with E-state index in [9.17, 15) is 9.59 Å². The second-order valence-corrected chi connectivity index (χ2v) is 3.35. The zero-order valence-electron chi connectivity index (χ0n) is 10.2. The highest BCUT2D eigenvalue weighted by Gasteiger charge is 2.11. The van der Waals surface area contributed by atoms with Crippen molar-refractivity contribution in [3.05, 3.63) is 29.8 Å². The van der Waals surface area contributed by atoms with Gasteiger partial charge in [0.2, 0.25) is 11.6 Å². The van der Waals surface area contributed by atoms with Crippen molar-refractivity contribution in [2.24, 2.45) is 10.8 Å². The summed E-state index contributed by atoms with van der Waals surface area (Å²) in [6, 6.07) is 7.71. The van der Waals surface area contributed by atoms with Gasteiger partial charge in [-0.25, -0.2) is 4.79 Å². The Morgan fingerprint density at radius 1 is 1.42 bits per heavy atom. The predicted octanol–water partition coefficient (Wildman–Crippen LogP) is 0.640. The summed E-state index contributed by atoms with van der Waals surface area (Å²) in [5, 5.41) is 12.4. The summed E-state index contributed by atoms with van der Waals surface area (Å²) in [7, 11) is 0. The number of hydrazone groups is 1. The minimum absolute atomic E-state index is 0.160. The van der Waals surface area contributed by atoms with Gasteiger partial charge in [0.1, 0.15) is 6.07 Å². The maximum Gasteiger partial charge on any atom is 0.369 e. The van der Waals surface area contributed by atoms with Crippen LogP contribution < -0.4 is 11.2 Å². The minimum Gasteiger partial charge on any atom is -0.461 e. The SMILES string of the molecule is CCOC(=O)C(C#N)=NNc1ccc(C(N)=O)cc1. The number of carbonyl (C=O) groups is 2. The summed E-state index contributed by atoms with van der Waals surface area (Å²) in [6.07, 6.45) is 0. The van der Waals surface area contributed by atoms with E-state index in [1.165, 1.54) is 12.1 Å². The van der Waals surface area contributed by atoms with Gasteiger partial charge in [0.25, 0.3) is 0 Å². The van der Waals surface area contributed by atoms with E-state index >= 15 is 0 Å². The predicted molar refractivity (Wildman–Crippen MR) is 68.3 cm³/mol. The largest absolute Gasteiger partial charge is 0.461 e. The molecule has 0 spiro atoms. The number of benzene rings is 1. The molecule has 1 aromatic rings. The Morgan fingerprint density at radius 3 is 2.53 bits per heavy atom. The number of nitriles is 1. The van der Waals surface area contributed by atoms with Gasteiger partial charge in [-0.2, -0.15) is 10.4 Å². The van der Waals surface area contributed by atoms with Crippen LogP contribution in [0.3, 0.4) is 0 Å². The van der Waals surface area contributed by atoms with E-state index in [-0.39, 0.29) is 12.3 Å². The lowest BCUT2D eigenvalue weighted by Crippen LogP contribution is -2.17. The van der Waals surface area contributed by atoms with Crippen LogP contribution in [-0.4, -0.2) is 24.2 Å². The third-order valence-corrected chi connectivity index (χ3v) is 2.04. The quantitative estimate of drug-likeness (QED) is 0.457. The molecule has 7 heteroatoms. The Morgan fingerprint density at radius 2 is 2.05 bits per heavy atom. The Balaban J connectivity index is 2.76. The molecule has 7 nitrogen and oxygen atoms in total. The van der Waals surface area contributed by atoms with E-state index < -0.39 is 11.9 Å². The highest BCUT2D eigenvalue weighted by molar-refractivity contribution is 6.43. The smallest absolute Gasteiger partial charge is 0.369 e. The summed E-state index contributed by atoms with van der Waals surface area (Å²) < 4.78 is 4.64. The van der Waals surface area contributed by atoms with E-state index in [1.54, 1.807) is 25.1 Å². The highest BCUT2D eigenvalue weighted by atomic mass is 16.5. The number of nitrogens with one attached hydrogen (secondary N) is 1. The fraction of sp³-hybridized carbons (Fsp3) is 0.167. The molecule has 0 unspecified atom stereocenters. The number of amides is 1. The lowest BCUT2D eigenvalue weighted by molar-refractivity contribution is -0.134. The van der Waals surface area contributed by atoms with E-state index in [2.05, 4.69) is 15.3 Å². The normalized spacial score (nSPS) is 10.4. The van der Waals surface area contributed by atoms with Gasteiger partial charge in [0, 0.05) is 5.56 Å². The van der Waals surface area contributed by atoms with Crippen molar-refractivity contribution in [1.29, 1.82) is 5.26 Å². The van der Waals surface area contributed by atoms with Crippen LogP contribution in [0.25, 0.3) is 0 Å². The molecular weight excluding hydrogens is 248 g/mol. The van der Waals surface area contributed by atoms with Gasteiger partial charge >= 0.3 is 5.97 Å². The molecule has 1 rings (SSSR count). The standard InChI is InChI=1S/C12H12N4O3/c1-2-19-12(18)10(7-13)16-15-9-5-3-8(4-6-9)11(14)17/h3-6,15H,2H2,1H3,(H2,14,17). The van der Waals surface area contributed by atoms with Crippen molar-refractivity contribution >= 4 is 23.3 Å². The van der Waals surface area contributed by atoms with Crippen LogP contribution in [0.15, 0.2) is 29.4 Å². The number of esters is 1. The first-order valence-corrected chi connectivity index (χ1v) is 5.39. The third kappa shape index (κ3) is 4.12. The van der Waals surface area contributed by atoms with Crippen LogP contribution in [0.1, 0.15) is 17.3 Å². The van der Waals surface area contributed by atoms with Crippen molar-refractivity contribution in [2.75, 3.05) is 12.0 Å². The fourth-order valence-electron chi connectivity index (χ4n) is 1.15. The summed E-state index contributed by atoms with van der Waals surface area (Å²) in [5.41, 5.74) is 8.06. The topological polar surface area (TPSA) is 118 Å². The van der Waals surface area contributed by atoms with Crippen LogP contribution in [0.2, 0.25) is 0 Å². The Labute approximate surface area is 109 Å². The van der Waals surface area contributed by atoms with E-state index in [4.69, 9.17) is 11.0 Å². The van der Waals surface area contributed by atoms with Gasteiger partial charge in [-0.1, -0.05) is 0 Å². The molecular formula is C12H12N4O3. The van der Waals surface area contributed by atoms with E-state index in [0.29, 0.717) is 11.3 Å². The van der Waals surface area contributed by atoms with Crippen LogP contribution in [0.5, 0.6) is 0 Å². The maximum atomic E-state index is 11.3. The number of carbonyl (C=O) groups excluding carboxylic acids is 2. The van der Waals surface area contributed by atoms with Crippen molar-refractivity contribution in [2.45, 2.75) is 6.92 Å². The molecule has 19 heavy (non-hydrogen) atoms. The Kier molecular flexibility index (Phi) is 5.04. The van der Waals surface area contributed by atoms with Crippen LogP contribution in [0.4, 0.5) is 5.69 Å². The monoisotopic (exact) mass is 260 g/mol. The zero-order chi connectivity index (χ0) is 14.3.